The molecule has 1 amide bonds. The number of piperidine rings is 1. The molecule has 2 rings (SSSR count). The SMILES string of the molecule is CSc1nccnc1CNC1CCN(C(=O)OC(C)(C)C)CC1. The number of amides is 1. The van der Waals surface area contributed by atoms with Crippen molar-refractivity contribution in [2.45, 2.75) is 56.8 Å². The van der Waals surface area contributed by atoms with Gasteiger partial charge in [-0.05, 0) is 39.9 Å². The highest BCUT2D eigenvalue weighted by molar-refractivity contribution is 7.98. The van der Waals surface area contributed by atoms with Gasteiger partial charge in [0.1, 0.15) is 10.6 Å². The van der Waals surface area contributed by atoms with E-state index in [1.165, 1.54) is 0 Å². The second kappa shape index (κ2) is 7.97. The minimum Gasteiger partial charge on any atom is -0.444 e. The lowest BCUT2D eigenvalue weighted by atomic mass is 10.1. The predicted molar refractivity (Wildman–Crippen MR) is 91.5 cm³/mol. The van der Waals surface area contributed by atoms with Crippen molar-refractivity contribution >= 4 is 17.9 Å². The number of carbonyl (C=O) groups excluding carboxylic acids is 1. The molecule has 0 saturated carbocycles. The Morgan fingerprint density at radius 2 is 2.00 bits per heavy atom. The summed E-state index contributed by atoms with van der Waals surface area (Å²) in [5.41, 5.74) is 0.543. The Morgan fingerprint density at radius 3 is 2.61 bits per heavy atom. The van der Waals surface area contributed by atoms with Gasteiger partial charge in [-0.3, -0.25) is 4.98 Å². The number of hydrogen-bond donors (Lipinski definition) is 1. The number of thioether (sulfide) groups is 1. The van der Waals surface area contributed by atoms with Crippen LogP contribution in [-0.4, -0.2) is 51.9 Å². The number of rotatable bonds is 4. The van der Waals surface area contributed by atoms with Crippen LogP contribution in [0.5, 0.6) is 0 Å². The van der Waals surface area contributed by atoms with E-state index in [4.69, 9.17) is 4.74 Å². The Labute approximate surface area is 142 Å². The van der Waals surface area contributed by atoms with Crippen LogP contribution in [0.25, 0.3) is 0 Å². The lowest BCUT2D eigenvalue weighted by Crippen LogP contribution is -2.46. The largest absolute Gasteiger partial charge is 0.444 e. The molecule has 0 aromatic carbocycles. The molecular weight excluding hydrogens is 312 g/mol. The maximum Gasteiger partial charge on any atom is 0.410 e. The van der Waals surface area contributed by atoms with E-state index in [0.29, 0.717) is 12.6 Å². The third-order valence-electron chi connectivity index (χ3n) is 3.63. The van der Waals surface area contributed by atoms with E-state index < -0.39 is 5.60 Å². The van der Waals surface area contributed by atoms with Crippen LogP contribution in [0.2, 0.25) is 0 Å². The van der Waals surface area contributed by atoms with Gasteiger partial charge in [-0.2, -0.15) is 0 Å². The fraction of sp³-hybridized carbons (Fsp3) is 0.688. The third kappa shape index (κ3) is 5.66. The van der Waals surface area contributed by atoms with Crippen LogP contribution in [0.15, 0.2) is 17.4 Å². The van der Waals surface area contributed by atoms with E-state index >= 15 is 0 Å². The van der Waals surface area contributed by atoms with Crippen molar-refractivity contribution < 1.29 is 9.53 Å². The molecule has 0 radical (unpaired) electrons. The molecule has 1 aliphatic rings. The lowest BCUT2D eigenvalue weighted by molar-refractivity contribution is 0.0198. The topological polar surface area (TPSA) is 67.4 Å². The Hall–Kier alpha value is -1.34. The quantitative estimate of drug-likeness (QED) is 0.852. The molecular formula is C16H26N4O2S. The standard InChI is InChI=1S/C16H26N4O2S/c1-16(2,3)22-15(21)20-9-5-12(6-10-20)19-11-13-14(23-4)18-8-7-17-13/h7-8,12,19H,5-6,9-11H2,1-4H3. The Kier molecular flexibility index (Phi) is 6.24. The van der Waals surface area contributed by atoms with Gasteiger partial charge in [0.2, 0.25) is 0 Å². The van der Waals surface area contributed by atoms with Crippen molar-refractivity contribution in [3.8, 4) is 0 Å². The maximum absolute atomic E-state index is 12.0. The normalized spacial score (nSPS) is 16.4. The smallest absolute Gasteiger partial charge is 0.410 e. The van der Waals surface area contributed by atoms with E-state index in [-0.39, 0.29) is 6.09 Å². The van der Waals surface area contributed by atoms with E-state index in [9.17, 15) is 4.79 Å². The average molecular weight is 338 g/mol. The van der Waals surface area contributed by atoms with Crippen LogP contribution in [0, 0.1) is 0 Å². The summed E-state index contributed by atoms with van der Waals surface area (Å²) in [6.07, 6.45) is 7.08. The van der Waals surface area contributed by atoms with E-state index in [1.54, 1.807) is 29.1 Å². The number of hydrogen-bond acceptors (Lipinski definition) is 6. The second-order valence-corrected chi connectivity index (χ2v) is 7.43. The number of nitrogens with zero attached hydrogens (tertiary/aromatic N) is 3. The average Bonchev–Trinajstić information content (AvgIpc) is 2.52. The van der Waals surface area contributed by atoms with E-state index in [0.717, 1.165) is 36.7 Å². The van der Waals surface area contributed by atoms with Crippen LogP contribution in [-0.2, 0) is 11.3 Å². The van der Waals surface area contributed by atoms with Crippen molar-refractivity contribution in [1.82, 2.24) is 20.2 Å². The molecule has 1 aromatic heterocycles. The first-order valence-electron chi connectivity index (χ1n) is 7.94. The van der Waals surface area contributed by atoms with Crippen LogP contribution in [0.3, 0.4) is 0 Å². The molecule has 0 atom stereocenters. The zero-order valence-electron chi connectivity index (χ0n) is 14.3. The molecule has 6 nitrogen and oxygen atoms in total. The molecule has 1 aliphatic heterocycles. The van der Waals surface area contributed by atoms with Gasteiger partial charge >= 0.3 is 6.09 Å². The summed E-state index contributed by atoms with van der Waals surface area (Å²) in [6.45, 7) is 7.84. The molecule has 1 aromatic rings. The summed E-state index contributed by atoms with van der Waals surface area (Å²) in [4.78, 5) is 22.5. The van der Waals surface area contributed by atoms with Crippen LogP contribution < -0.4 is 5.32 Å². The van der Waals surface area contributed by atoms with Crippen LogP contribution in [0.4, 0.5) is 4.79 Å². The molecule has 7 heteroatoms. The minimum atomic E-state index is -0.438. The first kappa shape index (κ1) is 18.0. The first-order chi connectivity index (χ1) is 10.9. The predicted octanol–water partition coefficient (Wildman–Crippen LogP) is 2.69. The molecule has 1 saturated heterocycles. The summed E-state index contributed by atoms with van der Waals surface area (Å²) in [5.74, 6) is 0. The van der Waals surface area contributed by atoms with Gasteiger partial charge in [0.05, 0.1) is 5.69 Å². The fourth-order valence-corrected chi connectivity index (χ4v) is 3.01. The number of aromatic nitrogens is 2. The number of carbonyl (C=O) groups is 1. The molecule has 0 bridgehead atoms. The van der Waals surface area contributed by atoms with Crippen LogP contribution in [0.1, 0.15) is 39.3 Å². The first-order valence-corrected chi connectivity index (χ1v) is 9.16. The Bertz CT molecular complexity index is 525. The van der Waals surface area contributed by atoms with E-state index in [2.05, 4.69) is 15.3 Å². The van der Waals surface area contributed by atoms with Gasteiger partial charge in [-0.25, -0.2) is 9.78 Å². The van der Waals surface area contributed by atoms with Gasteiger partial charge in [0, 0.05) is 38.1 Å². The zero-order valence-corrected chi connectivity index (χ0v) is 15.2. The molecule has 2 heterocycles. The number of likely N-dealkylation sites (tertiary alicyclic amines) is 1. The summed E-state index contributed by atoms with van der Waals surface area (Å²) in [7, 11) is 0. The summed E-state index contributed by atoms with van der Waals surface area (Å²) < 4.78 is 5.42. The third-order valence-corrected chi connectivity index (χ3v) is 4.36. The summed E-state index contributed by atoms with van der Waals surface area (Å²) in [5, 5.41) is 4.49. The van der Waals surface area contributed by atoms with Crippen molar-refractivity contribution in [3.63, 3.8) is 0 Å². The highest BCUT2D eigenvalue weighted by Crippen LogP contribution is 2.17. The number of nitrogens with one attached hydrogen (secondary N) is 1. The van der Waals surface area contributed by atoms with Crippen LogP contribution >= 0.6 is 11.8 Å². The van der Waals surface area contributed by atoms with Gasteiger partial charge < -0.3 is 15.0 Å². The van der Waals surface area contributed by atoms with E-state index in [1.807, 2.05) is 27.0 Å². The van der Waals surface area contributed by atoms with Crippen molar-refractivity contribution in [2.75, 3.05) is 19.3 Å². The highest BCUT2D eigenvalue weighted by atomic mass is 32.2. The molecule has 1 fully saturated rings. The maximum atomic E-state index is 12.0. The molecule has 0 aliphatic carbocycles. The van der Waals surface area contributed by atoms with Gasteiger partial charge in [-0.1, -0.05) is 0 Å². The lowest BCUT2D eigenvalue weighted by Gasteiger charge is -2.33. The Balaban J connectivity index is 1.78. The molecule has 0 unspecified atom stereocenters. The monoisotopic (exact) mass is 338 g/mol. The van der Waals surface area contributed by atoms with Crippen molar-refractivity contribution in [2.24, 2.45) is 0 Å². The molecule has 1 N–H and O–H groups in total. The highest BCUT2D eigenvalue weighted by Gasteiger charge is 2.26. The van der Waals surface area contributed by atoms with Crippen molar-refractivity contribution in [3.05, 3.63) is 18.1 Å². The van der Waals surface area contributed by atoms with Gasteiger partial charge in [0.25, 0.3) is 0 Å². The second-order valence-electron chi connectivity index (χ2n) is 6.63. The van der Waals surface area contributed by atoms with Crippen molar-refractivity contribution in [1.29, 1.82) is 0 Å². The zero-order chi connectivity index (χ0) is 16.9. The Morgan fingerprint density at radius 1 is 1.35 bits per heavy atom. The number of ether oxygens (including phenoxy) is 1. The molecule has 128 valence electrons. The summed E-state index contributed by atoms with van der Waals surface area (Å²) in [6, 6.07) is 0.394. The summed E-state index contributed by atoms with van der Waals surface area (Å²) >= 11 is 1.61. The molecule has 0 spiro atoms. The fourth-order valence-electron chi connectivity index (χ4n) is 2.48. The molecule has 23 heavy (non-hydrogen) atoms. The van der Waals surface area contributed by atoms with Gasteiger partial charge in [0.15, 0.2) is 0 Å². The minimum absolute atomic E-state index is 0.213. The van der Waals surface area contributed by atoms with Gasteiger partial charge in [-0.15, -0.1) is 11.8 Å².